The Morgan fingerprint density at radius 3 is 2.79 bits per heavy atom. The van der Waals surface area contributed by atoms with Crippen molar-refractivity contribution in [3.8, 4) is 0 Å². The Morgan fingerprint density at radius 1 is 1.47 bits per heavy atom. The summed E-state index contributed by atoms with van der Waals surface area (Å²) in [5.74, 6) is 0.621. The number of imidazole rings is 1. The van der Waals surface area contributed by atoms with E-state index in [4.69, 9.17) is 11.6 Å². The van der Waals surface area contributed by atoms with Crippen LogP contribution in [-0.2, 0) is 16.4 Å². The summed E-state index contributed by atoms with van der Waals surface area (Å²) in [4.78, 5) is 6.72. The highest BCUT2D eigenvalue weighted by Gasteiger charge is 2.18. The number of halogens is 2. The summed E-state index contributed by atoms with van der Waals surface area (Å²) < 4.78 is 27.3. The lowest BCUT2D eigenvalue weighted by Gasteiger charge is -2.08. The van der Waals surface area contributed by atoms with Crippen molar-refractivity contribution in [3.05, 3.63) is 39.7 Å². The summed E-state index contributed by atoms with van der Waals surface area (Å²) in [5.41, 5.74) is 0.414. The lowest BCUT2D eigenvalue weighted by molar-refractivity contribution is 0.598. The van der Waals surface area contributed by atoms with Crippen LogP contribution in [0.1, 0.15) is 12.7 Å². The molecule has 0 aliphatic carbocycles. The molecule has 0 aliphatic heterocycles. The van der Waals surface area contributed by atoms with Crippen LogP contribution in [-0.4, -0.2) is 18.4 Å². The fraction of sp³-hybridized carbons (Fsp3) is 0.182. The van der Waals surface area contributed by atoms with Crippen molar-refractivity contribution in [2.24, 2.45) is 0 Å². The summed E-state index contributed by atoms with van der Waals surface area (Å²) in [7, 11) is -3.68. The van der Waals surface area contributed by atoms with Crippen LogP contribution in [0.5, 0.6) is 0 Å². The standard InChI is InChI=1S/C11H11BrClN3O2S/c1-2-10-14-6-11(15-10)19(17,18)16-9-4-3-7(13)5-8(9)12/h3-6,16H,2H2,1H3,(H,14,15). The van der Waals surface area contributed by atoms with Crippen molar-refractivity contribution < 1.29 is 8.42 Å². The molecule has 0 spiro atoms. The van der Waals surface area contributed by atoms with Crippen LogP contribution >= 0.6 is 27.5 Å². The average molecular weight is 365 g/mol. The Bertz CT molecular complexity index is 700. The number of sulfonamides is 1. The van der Waals surface area contributed by atoms with E-state index >= 15 is 0 Å². The maximum atomic E-state index is 12.1. The highest BCUT2D eigenvalue weighted by molar-refractivity contribution is 9.10. The van der Waals surface area contributed by atoms with Gasteiger partial charge in [-0.05, 0) is 34.1 Å². The van der Waals surface area contributed by atoms with Crippen molar-refractivity contribution in [1.82, 2.24) is 9.97 Å². The zero-order valence-corrected chi connectivity index (χ0v) is 13.1. The molecule has 5 nitrogen and oxygen atoms in total. The van der Waals surface area contributed by atoms with Gasteiger partial charge in [-0.25, -0.2) is 4.98 Å². The maximum Gasteiger partial charge on any atom is 0.279 e. The molecular weight excluding hydrogens is 354 g/mol. The Balaban J connectivity index is 2.30. The van der Waals surface area contributed by atoms with Gasteiger partial charge in [0.05, 0.1) is 11.9 Å². The van der Waals surface area contributed by atoms with Crippen LogP contribution in [0, 0.1) is 0 Å². The van der Waals surface area contributed by atoms with Crippen molar-refractivity contribution in [1.29, 1.82) is 0 Å². The van der Waals surface area contributed by atoms with Crippen LogP contribution in [0.15, 0.2) is 33.9 Å². The van der Waals surface area contributed by atoms with Crippen molar-refractivity contribution in [2.45, 2.75) is 18.4 Å². The van der Waals surface area contributed by atoms with Crippen LogP contribution in [0.2, 0.25) is 5.02 Å². The van der Waals surface area contributed by atoms with Gasteiger partial charge in [-0.2, -0.15) is 8.42 Å². The SMILES string of the molecule is CCc1ncc(S(=O)(=O)Nc2ccc(Cl)cc2Br)[nH]1. The van der Waals surface area contributed by atoms with Gasteiger partial charge in [0, 0.05) is 15.9 Å². The molecule has 1 heterocycles. The number of hydrogen-bond donors (Lipinski definition) is 2. The van der Waals surface area contributed by atoms with Gasteiger partial charge >= 0.3 is 0 Å². The molecule has 0 aliphatic rings. The van der Waals surface area contributed by atoms with Gasteiger partial charge < -0.3 is 4.98 Å². The van der Waals surface area contributed by atoms with Gasteiger partial charge in [-0.15, -0.1) is 0 Å². The number of hydrogen-bond acceptors (Lipinski definition) is 3. The van der Waals surface area contributed by atoms with Gasteiger partial charge in [0.1, 0.15) is 5.82 Å². The Labute approximate surface area is 124 Å². The van der Waals surface area contributed by atoms with E-state index in [9.17, 15) is 8.42 Å². The number of benzene rings is 1. The quantitative estimate of drug-likeness (QED) is 0.875. The van der Waals surface area contributed by atoms with Crippen molar-refractivity contribution in [3.63, 3.8) is 0 Å². The smallest absolute Gasteiger partial charge is 0.279 e. The first-order chi connectivity index (χ1) is 8.92. The van der Waals surface area contributed by atoms with Gasteiger partial charge in [0.15, 0.2) is 5.03 Å². The van der Waals surface area contributed by atoms with E-state index in [0.717, 1.165) is 0 Å². The number of aromatic nitrogens is 2. The molecular formula is C11H11BrClN3O2S. The van der Waals surface area contributed by atoms with Crippen molar-refractivity contribution in [2.75, 3.05) is 4.72 Å². The van der Waals surface area contributed by atoms with E-state index in [2.05, 4.69) is 30.6 Å². The molecule has 1 aromatic carbocycles. The minimum absolute atomic E-state index is 0.0335. The molecule has 19 heavy (non-hydrogen) atoms. The van der Waals surface area contributed by atoms with E-state index in [1.807, 2.05) is 6.92 Å². The largest absolute Gasteiger partial charge is 0.332 e. The number of anilines is 1. The number of H-pyrrole nitrogens is 1. The van der Waals surface area contributed by atoms with Gasteiger partial charge in [-0.3, -0.25) is 4.72 Å². The summed E-state index contributed by atoms with van der Waals surface area (Å²) in [6, 6.07) is 4.81. The van der Waals surface area contributed by atoms with Gasteiger partial charge in [0.2, 0.25) is 0 Å². The number of rotatable bonds is 4. The van der Waals surface area contributed by atoms with Crippen LogP contribution in [0.3, 0.4) is 0 Å². The summed E-state index contributed by atoms with van der Waals surface area (Å²) >= 11 is 9.06. The summed E-state index contributed by atoms with van der Waals surface area (Å²) in [6.07, 6.45) is 1.94. The van der Waals surface area contributed by atoms with E-state index < -0.39 is 10.0 Å². The summed E-state index contributed by atoms with van der Waals surface area (Å²) in [6.45, 7) is 1.89. The van der Waals surface area contributed by atoms with E-state index in [1.165, 1.54) is 6.20 Å². The molecule has 0 radical (unpaired) electrons. The summed E-state index contributed by atoms with van der Waals surface area (Å²) in [5, 5.41) is 0.552. The second kappa shape index (κ2) is 5.52. The average Bonchev–Trinajstić information content (AvgIpc) is 2.82. The highest BCUT2D eigenvalue weighted by atomic mass is 79.9. The number of nitrogens with one attached hydrogen (secondary N) is 2. The zero-order valence-electron chi connectivity index (χ0n) is 9.94. The maximum absolute atomic E-state index is 12.1. The first kappa shape index (κ1) is 14.4. The molecule has 0 saturated heterocycles. The normalized spacial score (nSPS) is 11.5. The van der Waals surface area contributed by atoms with E-state index in [0.29, 0.717) is 27.4 Å². The predicted octanol–water partition coefficient (Wildman–Crippen LogP) is 3.19. The third-order valence-electron chi connectivity index (χ3n) is 2.40. The van der Waals surface area contributed by atoms with Crippen molar-refractivity contribution >= 4 is 43.2 Å². The first-order valence-corrected chi connectivity index (χ1v) is 8.09. The molecule has 2 N–H and O–H groups in total. The van der Waals surface area contributed by atoms with Gasteiger partial charge in [0.25, 0.3) is 10.0 Å². The highest BCUT2D eigenvalue weighted by Crippen LogP contribution is 2.27. The van der Waals surface area contributed by atoms with E-state index in [1.54, 1.807) is 18.2 Å². The zero-order chi connectivity index (χ0) is 14.0. The molecule has 0 saturated carbocycles. The molecule has 0 bridgehead atoms. The molecule has 102 valence electrons. The molecule has 0 atom stereocenters. The molecule has 0 amide bonds. The lowest BCUT2D eigenvalue weighted by Crippen LogP contribution is -2.13. The molecule has 2 aromatic rings. The first-order valence-electron chi connectivity index (χ1n) is 5.44. The number of aromatic amines is 1. The Kier molecular flexibility index (Phi) is 4.17. The third kappa shape index (κ3) is 3.29. The fourth-order valence-corrected chi connectivity index (χ4v) is 3.37. The minimum Gasteiger partial charge on any atom is -0.332 e. The van der Waals surface area contributed by atoms with Crippen LogP contribution in [0.25, 0.3) is 0 Å². The predicted molar refractivity (Wildman–Crippen MR) is 77.9 cm³/mol. The van der Waals surface area contributed by atoms with E-state index in [-0.39, 0.29) is 5.03 Å². The number of aryl methyl sites for hydroxylation is 1. The molecule has 0 fully saturated rings. The molecule has 1 aromatic heterocycles. The molecule has 2 rings (SSSR count). The fourth-order valence-electron chi connectivity index (χ4n) is 1.43. The minimum atomic E-state index is -3.68. The second-order valence-electron chi connectivity index (χ2n) is 3.78. The van der Waals surface area contributed by atoms with Crippen LogP contribution in [0.4, 0.5) is 5.69 Å². The molecule has 0 unspecified atom stereocenters. The second-order valence-corrected chi connectivity index (χ2v) is 6.72. The third-order valence-corrected chi connectivity index (χ3v) is 4.57. The molecule has 8 heteroatoms. The Morgan fingerprint density at radius 2 is 2.21 bits per heavy atom. The number of nitrogens with zero attached hydrogens (tertiary/aromatic N) is 1. The monoisotopic (exact) mass is 363 g/mol. The van der Waals surface area contributed by atoms with Gasteiger partial charge in [-0.1, -0.05) is 18.5 Å². The topological polar surface area (TPSA) is 74.8 Å². The Hall–Kier alpha value is -1.05. The van der Waals surface area contributed by atoms with Crippen LogP contribution < -0.4 is 4.72 Å². The lowest BCUT2D eigenvalue weighted by atomic mass is 10.3.